The lowest BCUT2D eigenvalue weighted by Crippen LogP contribution is -2.47. The van der Waals surface area contributed by atoms with E-state index < -0.39 is 0 Å². The topological polar surface area (TPSA) is 67.9 Å². The van der Waals surface area contributed by atoms with Crippen molar-refractivity contribution in [2.75, 3.05) is 31.6 Å². The number of anilines is 1. The van der Waals surface area contributed by atoms with Crippen molar-refractivity contribution in [2.45, 2.75) is 45.6 Å². The molecule has 6 heteroatoms. The van der Waals surface area contributed by atoms with E-state index in [9.17, 15) is 9.59 Å². The second-order valence-electron chi connectivity index (χ2n) is 8.97. The number of carbonyl (C=O) groups is 2. The average molecular weight is 437 g/mol. The Labute approximate surface area is 189 Å². The Balaban J connectivity index is 1.30. The zero-order valence-corrected chi connectivity index (χ0v) is 19.1. The summed E-state index contributed by atoms with van der Waals surface area (Å²) in [6.45, 7) is 8.72. The number of hydrogen-bond donors (Lipinski definition) is 1. The lowest BCUT2D eigenvalue weighted by Gasteiger charge is -2.34. The third-order valence-corrected chi connectivity index (χ3v) is 6.50. The van der Waals surface area contributed by atoms with E-state index in [0.29, 0.717) is 36.2 Å². The Morgan fingerprint density at radius 1 is 0.938 bits per heavy atom. The SMILES string of the molecule is CC(C)c1ccc(NC(=O)C(C)N2CCC(C(=O)c3ccc4c(c3)OCCO4)CC2)cc1. The molecule has 0 radical (unpaired) electrons. The molecule has 170 valence electrons. The molecule has 1 fully saturated rings. The van der Waals surface area contributed by atoms with E-state index in [1.807, 2.05) is 31.2 Å². The van der Waals surface area contributed by atoms with Crippen LogP contribution in [0.25, 0.3) is 0 Å². The van der Waals surface area contributed by atoms with Crippen LogP contribution in [0.4, 0.5) is 5.69 Å². The third kappa shape index (κ3) is 4.96. The highest BCUT2D eigenvalue weighted by Crippen LogP contribution is 2.32. The number of carbonyl (C=O) groups excluding carboxylic acids is 2. The zero-order valence-electron chi connectivity index (χ0n) is 19.1. The highest BCUT2D eigenvalue weighted by molar-refractivity contribution is 5.98. The third-order valence-electron chi connectivity index (χ3n) is 6.50. The van der Waals surface area contributed by atoms with Crippen LogP contribution in [-0.4, -0.2) is 48.9 Å². The molecule has 0 aromatic heterocycles. The number of piperidine rings is 1. The minimum atomic E-state index is -0.245. The van der Waals surface area contributed by atoms with Crippen molar-refractivity contribution in [1.29, 1.82) is 0 Å². The summed E-state index contributed by atoms with van der Waals surface area (Å²) in [5.74, 6) is 1.90. The summed E-state index contributed by atoms with van der Waals surface area (Å²) in [7, 11) is 0. The van der Waals surface area contributed by atoms with Crippen molar-refractivity contribution in [2.24, 2.45) is 5.92 Å². The van der Waals surface area contributed by atoms with Crippen LogP contribution in [0.3, 0.4) is 0 Å². The van der Waals surface area contributed by atoms with Crippen LogP contribution in [0.15, 0.2) is 42.5 Å². The Bertz CT molecular complexity index is 962. The van der Waals surface area contributed by atoms with Crippen LogP contribution < -0.4 is 14.8 Å². The molecular formula is C26H32N2O4. The highest BCUT2D eigenvalue weighted by Gasteiger charge is 2.30. The second-order valence-corrected chi connectivity index (χ2v) is 8.97. The van der Waals surface area contributed by atoms with Crippen LogP contribution >= 0.6 is 0 Å². The van der Waals surface area contributed by atoms with E-state index in [-0.39, 0.29) is 23.7 Å². The van der Waals surface area contributed by atoms with E-state index in [1.54, 1.807) is 6.07 Å². The number of ether oxygens (including phenoxy) is 2. The van der Waals surface area contributed by atoms with Gasteiger partial charge in [-0.05, 0) is 74.7 Å². The average Bonchev–Trinajstić information content (AvgIpc) is 2.83. The Hall–Kier alpha value is -2.86. The first-order chi connectivity index (χ1) is 15.4. The molecule has 1 atom stereocenters. The van der Waals surface area contributed by atoms with Gasteiger partial charge in [-0.1, -0.05) is 26.0 Å². The van der Waals surface area contributed by atoms with Gasteiger partial charge in [0.05, 0.1) is 6.04 Å². The lowest BCUT2D eigenvalue weighted by atomic mass is 9.88. The molecule has 0 bridgehead atoms. The molecule has 6 nitrogen and oxygen atoms in total. The Morgan fingerprint density at radius 3 is 2.25 bits per heavy atom. The first kappa shape index (κ1) is 22.3. The smallest absolute Gasteiger partial charge is 0.241 e. The molecule has 0 spiro atoms. The highest BCUT2D eigenvalue weighted by atomic mass is 16.6. The van der Waals surface area contributed by atoms with Gasteiger partial charge in [0, 0.05) is 17.2 Å². The molecule has 0 saturated carbocycles. The van der Waals surface area contributed by atoms with Gasteiger partial charge in [0.1, 0.15) is 13.2 Å². The van der Waals surface area contributed by atoms with Gasteiger partial charge >= 0.3 is 0 Å². The molecule has 1 saturated heterocycles. The van der Waals surface area contributed by atoms with Crippen LogP contribution in [0, 0.1) is 5.92 Å². The van der Waals surface area contributed by atoms with Gasteiger partial charge in [-0.15, -0.1) is 0 Å². The number of benzene rings is 2. The summed E-state index contributed by atoms with van der Waals surface area (Å²) < 4.78 is 11.2. The molecular weight excluding hydrogens is 404 g/mol. The van der Waals surface area contributed by atoms with Gasteiger partial charge in [0.2, 0.25) is 5.91 Å². The molecule has 2 aliphatic heterocycles. The molecule has 2 aliphatic rings. The predicted molar refractivity (Wildman–Crippen MR) is 125 cm³/mol. The summed E-state index contributed by atoms with van der Waals surface area (Å²) >= 11 is 0. The van der Waals surface area contributed by atoms with Gasteiger partial charge in [-0.2, -0.15) is 0 Å². The maximum atomic E-state index is 13.0. The summed E-state index contributed by atoms with van der Waals surface area (Å²) in [6, 6.07) is 13.2. The molecule has 2 heterocycles. The van der Waals surface area contributed by atoms with E-state index in [4.69, 9.17) is 9.47 Å². The maximum absolute atomic E-state index is 13.0. The molecule has 1 unspecified atom stereocenters. The number of ketones is 1. The van der Waals surface area contributed by atoms with Crippen molar-refractivity contribution < 1.29 is 19.1 Å². The van der Waals surface area contributed by atoms with E-state index >= 15 is 0 Å². The van der Waals surface area contributed by atoms with Gasteiger partial charge in [-0.25, -0.2) is 0 Å². The van der Waals surface area contributed by atoms with E-state index in [0.717, 1.165) is 31.6 Å². The van der Waals surface area contributed by atoms with Gasteiger partial charge in [0.15, 0.2) is 17.3 Å². The van der Waals surface area contributed by atoms with Crippen LogP contribution in [0.2, 0.25) is 0 Å². The summed E-state index contributed by atoms with van der Waals surface area (Å²) in [5, 5.41) is 3.02. The molecule has 2 aromatic carbocycles. The first-order valence-corrected chi connectivity index (χ1v) is 11.5. The molecule has 1 N–H and O–H groups in total. The number of fused-ring (bicyclic) bond motifs is 1. The van der Waals surface area contributed by atoms with Crippen molar-refractivity contribution in [3.63, 3.8) is 0 Å². The van der Waals surface area contributed by atoms with Crippen molar-refractivity contribution in [3.05, 3.63) is 53.6 Å². The fourth-order valence-corrected chi connectivity index (χ4v) is 4.35. The molecule has 1 amide bonds. The standard InChI is InChI=1S/C26H32N2O4/c1-17(2)19-4-7-22(8-5-19)27-26(30)18(3)28-12-10-20(11-13-28)25(29)21-6-9-23-24(16-21)32-15-14-31-23/h4-9,16-18,20H,10-15H2,1-3H3,(H,27,30). The number of nitrogens with zero attached hydrogens (tertiary/aromatic N) is 1. The van der Waals surface area contributed by atoms with Crippen molar-refractivity contribution in [1.82, 2.24) is 4.90 Å². The quantitative estimate of drug-likeness (QED) is 0.675. The van der Waals surface area contributed by atoms with Crippen molar-refractivity contribution >= 4 is 17.4 Å². The monoisotopic (exact) mass is 436 g/mol. The molecule has 32 heavy (non-hydrogen) atoms. The Kier molecular flexibility index (Phi) is 6.80. The summed E-state index contributed by atoms with van der Waals surface area (Å²) in [6.07, 6.45) is 1.49. The number of likely N-dealkylation sites (tertiary alicyclic amines) is 1. The lowest BCUT2D eigenvalue weighted by molar-refractivity contribution is -0.121. The maximum Gasteiger partial charge on any atom is 0.241 e. The second kappa shape index (κ2) is 9.74. The van der Waals surface area contributed by atoms with Crippen LogP contribution in [0.5, 0.6) is 11.5 Å². The number of Topliss-reactive ketones (excluding diaryl/α,β-unsaturated/α-hetero) is 1. The Morgan fingerprint density at radius 2 is 1.59 bits per heavy atom. The van der Waals surface area contributed by atoms with E-state index in [1.165, 1.54) is 5.56 Å². The van der Waals surface area contributed by atoms with E-state index in [2.05, 4.69) is 36.2 Å². The number of rotatable bonds is 6. The fraction of sp³-hybridized carbons (Fsp3) is 0.462. The summed E-state index contributed by atoms with van der Waals surface area (Å²) in [5.41, 5.74) is 2.74. The zero-order chi connectivity index (χ0) is 22.7. The molecule has 0 aliphatic carbocycles. The number of hydrogen-bond acceptors (Lipinski definition) is 5. The fourth-order valence-electron chi connectivity index (χ4n) is 4.35. The van der Waals surface area contributed by atoms with Crippen molar-refractivity contribution in [3.8, 4) is 11.5 Å². The molecule has 2 aromatic rings. The minimum Gasteiger partial charge on any atom is -0.486 e. The largest absolute Gasteiger partial charge is 0.486 e. The first-order valence-electron chi connectivity index (χ1n) is 11.5. The number of nitrogens with one attached hydrogen (secondary N) is 1. The molecule has 4 rings (SSSR count). The minimum absolute atomic E-state index is 0.0149. The van der Waals surface area contributed by atoms with Crippen LogP contribution in [-0.2, 0) is 4.79 Å². The predicted octanol–water partition coefficient (Wildman–Crippen LogP) is 4.50. The summed E-state index contributed by atoms with van der Waals surface area (Å²) in [4.78, 5) is 27.9. The number of amides is 1. The van der Waals surface area contributed by atoms with Crippen LogP contribution in [0.1, 0.15) is 55.5 Å². The van der Waals surface area contributed by atoms with Gasteiger partial charge in [-0.3, -0.25) is 14.5 Å². The van der Waals surface area contributed by atoms with Gasteiger partial charge in [0.25, 0.3) is 0 Å². The van der Waals surface area contributed by atoms with Gasteiger partial charge < -0.3 is 14.8 Å². The normalized spacial score (nSPS) is 17.8.